The molecule has 1 amide bonds. The van der Waals surface area contributed by atoms with Crippen LogP contribution in [0.4, 0.5) is 11.4 Å². The van der Waals surface area contributed by atoms with Crippen molar-refractivity contribution in [1.29, 1.82) is 0 Å². The number of hydrogen-bond donors (Lipinski definition) is 2. The summed E-state index contributed by atoms with van der Waals surface area (Å²) in [7, 11) is 0. The van der Waals surface area contributed by atoms with Crippen LogP contribution >= 0.6 is 11.6 Å². The molecule has 0 aliphatic heterocycles. The number of anilines is 2. The van der Waals surface area contributed by atoms with Crippen LogP contribution in [0.3, 0.4) is 0 Å². The number of hydrogen-bond acceptors (Lipinski definition) is 2. The highest BCUT2D eigenvalue weighted by Gasteiger charge is 2.08. The van der Waals surface area contributed by atoms with Crippen LogP contribution in [0.25, 0.3) is 0 Å². The highest BCUT2D eigenvalue weighted by atomic mass is 35.5. The number of nitrogen functional groups attached to an aromatic ring is 1. The van der Waals surface area contributed by atoms with Gasteiger partial charge in [0.25, 0.3) is 0 Å². The van der Waals surface area contributed by atoms with E-state index in [1.807, 2.05) is 0 Å². The van der Waals surface area contributed by atoms with Gasteiger partial charge in [0.15, 0.2) is 0 Å². The number of carbonyl (C=O) groups excluding carboxylic acids is 1. The fraction of sp³-hybridized carbons (Fsp3) is 0.562. The van der Waals surface area contributed by atoms with Gasteiger partial charge in [0, 0.05) is 6.42 Å². The van der Waals surface area contributed by atoms with Crippen molar-refractivity contribution in [2.75, 3.05) is 11.1 Å². The van der Waals surface area contributed by atoms with Gasteiger partial charge in [0.2, 0.25) is 5.91 Å². The predicted octanol–water partition coefficient (Wildman–Crippen LogP) is 5.00. The summed E-state index contributed by atoms with van der Waals surface area (Å²) in [5.74, 6) is -0.0154. The average molecular weight is 297 g/mol. The molecule has 20 heavy (non-hydrogen) atoms. The molecule has 112 valence electrons. The Kier molecular flexibility index (Phi) is 8.12. The lowest BCUT2D eigenvalue weighted by atomic mass is 10.1. The number of amides is 1. The first-order chi connectivity index (χ1) is 9.65. The number of nitrogens with one attached hydrogen (secondary N) is 1. The van der Waals surface area contributed by atoms with Crippen LogP contribution in [-0.4, -0.2) is 5.91 Å². The minimum atomic E-state index is -0.0154. The van der Waals surface area contributed by atoms with Gasteiger partial charge in [-0.15, -0.1) is 0 Å². The summed E-state index contributed by atoms with van der Waals surface area (Å²) >= 11 is 6.01. The smallest absolute Gasteiger partial charge is 0.224 e. The molecule has 0 unspecified atom stereocenters. The molecule has 0 aromatic heterocycles. The van der Waals surface area contributed by atoms with Crippen molar-refractivity contribution in [3.05, 3.63) is 23.2 Å². The maximum atomic E-state index is 11.8. The van der Waals surface area contributed by atoms with Crippen LogP contribution in [0.15, 0.2) is 18.2 Å². The van der Waals surface area contributed by atoms with Gasteiger partial charge in [0.05, 0.1) is 16.4 Å². The molecule has 0 heterocycles. The van der Waals surface area contributed by atoms with E-state index >= 15 is 0 Å². The topological polar surface area (TPSA) is 55.1 Å². The van der Waals surface area contributed by atoms with Crippen LogP contribution in [0, 0.1) is 0 Å². The third-order valence-electron chi connectivity index (χ3n) is 3.32. The molecule has 1 rings (SSSR count). The third-order valence-corrected chi connectivity index (χ3v) is 3.63. The Morgan fingerprint density at radius 3 is 2.45 bits per heavy atom. The first kappa shape index (κ1) is 16.8. The summed E-state index contributed by atoms with van der Waals surface area (Å²) in [6.07, 6.45) is 8.91. The number of halogens is 1. The monoisotopic (exact) mass is 296 g/mol. The van der Waals surface area contributed by atoms with Gasteiger partial charge in [-0.2, -0.15) is 0 Å². The maximum absolute atomic E-state index is 11.8. The zero-order chi connectivity index (χ0) is 14.8. The molecule has 0 atom stereocenters. The standard InChI is InChI=1S/C16H25ClN2O/c1-2-3-4-5-6-7-8-12-15(20)19-16-13(17)10-9-11-14(16)18/h9-11H,2-8,12,18H2,1H3,(H,19,20). The van der Waals surface area contributed by atoms with E-state index in [9.17, 15) is 4.79 Å². The molecule has 0 spiro atoms. The fourth-order valence-electron chi connectivity index (χ4n) is 2.12. The summed E-state index contributed by atoms with van der Waals surface area (Å²) in [5, 5.41) is 3.28. The van der Waals surface area contributed by atoms with E-state index in [1.54, 1.807) is 18.2 Å². The minimum absolute atomic E-state index is 0.0154. The Bertz CT molecular complexity index is 401. The summed E-state index contributed by atoms with van der Waals surface area (Å²) in [6, 6.07) is 5.22. The molecule has 0 radical (unpaired) electrons. The number of rotatable bonds is 9. The molecule has 1 aromatic carbocycles. The van der Waals surface area contributed by atoms with E-state index < -0.39 is 0 Å². The Labute approximate surface area is 126 Å². The molecule has 0 saturated carbocycles. The molecule has 4 heteroatoms. The van der Waals surface area contributed by atoms with Gasteiger partial charge in [-0.1, -0.05) is 63.1 Å². The van der Waals surface area contributed by atoms with Crippen LogP contribution in [0.1, 0.15) is 58.3 Å². The van der Waals surface area contributed by atoms with Crippen LogP contribution in [-0.2, 0) is 4.79 Å². The Balaban J connectivity index is 2.21. The molecule has 0 bridgehead atoms. The number of nitrogens with two attached hydrogens (primary N) is 1. The number of para-hydroxylation sites is 1. The normalized spacial score (nSPS) is 10.5. The molecule has 3 N–H and O–H groups in total. The van der Waals surface area contributed by atoms with Gasteiger partial charge < -0.3 is 11.1 Å². The summed E-state index contributed by atoms with van der Waals surface area (Å²) in [4.78, 5) is 11.8. The molecule has 0 fully saturated rings. The van der Waals surface area contributed by atoms with Crippen molar-refractivity contribution in [2.45, 2.75) is 58.3 Å². The van der Waals surface area contributed by atoms with Crippen molar-refractivity contribution in [3.8, 4) is 0 Å². The van der Waals surface area contributed by atoms with E-state index in [0.717, 1.165) is 12.8 Å². The molecule has 0 aliphatic rings. The van der Waals surface area contributed by atoms with E-state index in [4.69, 9.17) is 17.3 Å². The third kappa shape index (κ3) is 6.29. The Morgan fingerprint density at radius 2 is 1.80 bits per heavy atom. The number of carbonyl (C=O) groups is 1. The second-order valence-electron chi connectivity index (χ2n) is 5.12. The van der Waals surface area contributed by atoms with Crippen molar-refractivity contribution in [1.82, 2.24) is 0 Å². The summed E-state index contributed by atoms with van der Waals surface area (Å²) < 4.78 is 0. The summed E-state index contributed by atoms with van der Waals surface area (Å²) in [6.45, 7) is 2.21. The highest BCUT2D eigenvalue weighted by Crippen LogP contribution is 2.27. The average Bonchev–Trinajstić information content (AvgIpc) is 2.42. The van der Waals surface area contributed by atoms with Crippen molar-refractivity contribution < 1.29 is 4.79 Å². The second kappa shape index (κ2) is 9.65. The Hall–Kier alpha value is -1.22. The largest absolute Gasteiger partial charge is 0.397 e. The second-order valence-corrected chi connectivity index (χ2v) is 5.53. The van der Waals surface area contributed by atoms with Crippen LogP contribution < -0.4 is 11.1 Å². The number of benzene rings is 1. The van der Waals surface area contributed by atoms with Gasteiger partial charge in [-0.3, -0.25) is 4.79 Å². The van der Waals surface area contributed by atoms with Crippen LogP contribution in [0.5, 0.6) is 0 Å². The fourth-order valence-corrected chi connectivity index (χ4v) is 2.35. The molecule has 0 saturated heterocycles. The van der Waals surface area contributed by atoms with Gasteiger partial charge in [0.1, 0.15) is 0 Å². The zero-order valence-electron chi connectivity index (χ0n) is 12.3. The Morgan fingerprint density at radius 1 is 1.15 bits per heavy atom. The maximum Gasteiger partial charge on any atom is 0.224 e. The van der Waals surface area contributed by atoms with Gasteiger partial charge in [-0.05, 0) is 18.6 Å². The lowest BCUT2D eigenvalue weighted by molar-refractivity contribution is -0.116. The molecule has 1 aromatic rings. The SMILES string of the molecule is CCCCCCCCCC(=O)Nc1c(N)cccc1Cl. The van der Waals surface area contributed by atoms with Crippen molar-refractivity contribution in [2.24, 2.45) is 0 Å². The van der Waals surface area contributed by atoms with E-state index in [0.29, 0.717) is 22.8 Å². The minimum Gasteiger partial charge on any atom is -0.397 e. The number of unbranched alkanes of at least 4 members (excludes halogenated alkanes) is 6. The first-order valence-corrected chi connectivity index (χ1v) is 7.86. The lowest BCUT2D eigenvalue weighted by Crippen LogP contribution is -2.12. The zero-order valence-corrected chi connectivity index (χ0v) is 13.0. The highest BCUT2D eigenvalue weighted by molar-refractivity contribution is 6.34. The van der Waals surface area contributed by atoms with Crippen LogP contribution in [0.2, 0.25) is 5.02 Å². The molecular formula is C16H25ClN2O. The lowest BCUT2D eigenvalue weighted by Gasteiger charge is -2.09. The summed E-state index contributed by atoms with van der Waals surface area (Å²) in [5.41, 5.74) is 6.83. The first-order valence-electron chi connectivity index (χ1n) is 7.49. The molecular weight excluding hydrogens is 272 g/mol. The van der Waals surface area contributed by atoms with E-state index in [-0.39, 0.29) is 5.91 Å². The van der Waals surface area contributed by atoms with Crippen molar-refractivity contribution >= 4 is 28.9 Å². The van der Waals surface area contributed by atoms with Crippen molar-refractivity contribution in [3.63, 3.8) is 0 Å². The van der Waals surface area contributed by atoms with Gasteiger partial charge >= 0.3 is 0 Å². The van der Waals surface area contributed by atoms with E-state index in [1.165, 1.54) is 32.1 Å². The molecule has 0 aliphatic carbocycles. The van der Waals surface area contributed by atoms with E-state index in [2.05, 4.69) is 12.2 Å². The quantitative estimate of drug-likeness (QED) is 0.497. The predicted molar refractivity (Wildman–Crippen MR) is 87.1 cm³/mol. The van der Waals surface area contributed by atoms with Gasteiger partial charge in [-0.25, -0.2) is 0 Å². The molecule has 3 nitrogen and oxygen atoms in total.